The van der Waals surface area contributed by atoms with Crippen LogP contribution in [0.3, 0.4) is 0 Å². The fourth-order valence-electron chi connectivity index (χ4n) is 1.99. The molecule has 1 atom stereocenters. The Morgan fingerprint density at radius 1 is 1.15 bits per heavy atom. The molecule has 0 radical (unpaired) electrons. The maximum Gasteiger partial charge on any atom is 0.310 e. The Bertz CT molecular complexity index is 510. The standard InChI is InChI=1S/C14H18O6/c1-14(13(17)18,8-12(15)16)7-9-4-5-10(19-2)11(6-9)20-3/h4-6H,7-8H2,1-3H3,(H,15,16)(H,17,18)/t14-/m1/s1. The van der Waals surface area contributed by atoms with E-state index in [0.29, 0.717) is 17.1 Å². The van der Waals surface area contributed by atoms with Crippen LogP contribution in [0, 0.1) is 5.41 Å². The van der Waals surface area contributed by atoms with Gasteiger partial charge in [0.2, 0.25) is 0 Å². The zero-order valence-corrected chi connectivity index (χ0v) is 11.7. The number of carbonyl (C=O) groups is 2. The van der Waals surface area contributed by atoms with Crippen LogP contribution in [0.25, 0.3) is 0 Å². The number of carboxylic acid groups (broad SMARTS) is 2. The highest BCUT2D eigenvalue weighted by molar-refractivity contribution is 5.81. The van der Waals surface area contributed by atoms with E-state index in [-0.39, 0.29) is 6.42 Å². The van der Waals surface area contributed by atoms with Crippen LogP contribution in [-0.4, -0.2) is 36.4 Å². The average Bonchev–Trinajstić information content (AvgIpc) is 2.37. The lowest BCUT2D eigenvalue weighted by Gasteiger charge is -2.23. The number of aliphatic carboxylic acids is 2. The van der Waals surface area contributed by atoms with Gasteiger partial charge < -0.3 is 19.7 Å². The van der Waals surface area contributed by atoms with Gasteiger partial charge in [-0.1, -0.05) is 6.07 Å². The van der Waals surface area contributed by atoms with Crippen LogP contribution in [0.4, 0.5) is 0 Å². The van der Waals surface area contributed by atoms with Crippen LogP contribution in [0.5, 0.6) is 11.5 Å². The molecule has 6 nitrogen and oxygen atoms in total. The second-order valence-electron chi connectivity index (χ2n) is 4.80. The Morgan fingerprint density at radius 3 is 2.20 bits per heavy atom. The van der Waals surface area contributed by atoms with Crippen LogP contribution in [0.15, 0.2) is 18.2 Å². The molecule has 2 N–H and O–H groups in total. The van der Waals surface area contributed by atoms with Gasteiger partial charge >= 0.3 is 11.9 Å². The first-order chi connectivity index (χ1) is 9.32. The summed E-state index contributed by atoms with van der Waals surface area (Å²) in [5, 5.41) is 18.1. The van der Waals surface area contributed by atoms with Gasteiger partial charge in [-0.3, -0.25) is 9.59 Å². The van der Waals surface area contributed by atoms with Gasteiger partial charge in [-0.25, -0.2) is 0 Å². The van der Waals surface area contributed by atoms with Gasteiger partial charge in [0.25, 0.3) is 0 Å². The molecule has 0 spiro atoms. The van der Waals surface area contributed by atoms with Gasteiger partial charge in [-0.15, -0.1) is 0 Å². The molecule has 20 heavy (non-hydrogen) atoms. The maximum absolute atomic E-state index is 11.3. The van der Waals surface area contributed by atoms with E-state index < -0.39 is 23.8 Å². The van der Waals surface area contributed by atoms with Crippen LogP contribution in [0.2, 0.25) is 0 Å². The molecule has 0 saturated carbocycles. The quantitative estimate of drug-likeness (QED) is 0.792. The van der Waals surface area contributed by atoms with Gasteiger partial charge in [0.05, 0.1) is 26.1 Å². The van der Waals surface area contributed by atoms with Crippen molar-refractivity contribution in [1.29, 1.82) is 0 Å². The van der Waals surface area contributed by atoms with Crippen molar-refractivity contribution in [3.8, 4) is 11.5 Å². The Labute approximate surface area is 116 Å². The first-order valence-electron chi connectivity index (χ1n) is 5.98. The van der Waals surface area contributed by atoms with Gasteiger partial charge in [0.15, 0.2) is 11.5 Å². The van der Waals surface area contributed by atoms with Gasteiger partial charge in [-0.2, -0.15) is 0 Å². The summed E-state index contributed by atoms with van der Waals surface area (Å²) >= 11 is 0. The second kappa shape index (κ2) is 6.27. The minimum atomic E-state index is -1.37. The summed E-state index contributed by atoms with van der Waals surface area (Å²) in [5.74, 6) is -1.27. The van der Waals surface area contributed by atoms with E-state index in [2.05, 4.69) is 0 Å². The Morgan fingerprint density at radius 2 is 1.75 bits per heavy atom. The number of rotatable bonds is 7. The zero-order chi connectivity index (χ0) is 15.3. The fourth-order valence-corrected chi connectivity index (χ4v) is 1.99. The maximum atomic E-state index is 11.3. The average molecular weight is 282 g/mol. The molecule has 1 rings (SSSR count). The second-order valence-corrected chi connectivity index (χ2v) is 4.80. The van der Waals surface area contributed by atoms with Crippen molar-refractivity contribution in [3.05, 3.63) is 23.8 Å². The van der Waals surface area contributed by atoms with E-state index in [0.717, 1.165) is 0 Å². The first-order valence-corrected chi connectivity index (χ1v) is 5.98. The highest BCUT2D eigenvalue weighted by Gasteiger charge is 2.36. The summed E-state index contributed by atoms with van der Waals surface area (Å²) in [6.45, 7) is 1.42. The molecule has 0 aromatic heterocycles. The van der Waals surface area contributed by atoms with Gasteiger partial charge in [0, 0.05) is 0 Å². The third kappa shape index (κ3) is 3.63. The molecule has 0 heterocycles. The molecule has 0 fully saturated rings. The van der Waals surface area contributed by atoms with E-state index in [1.165, 1.54) is 21.1 Å². The summed E-state index contributed by atoms with van der Waals surface area (Å²) in [7, 11) is 2.98. The van der Waals surface area contributed by atoms with Gasteiger partial charge in [-0.05, 0) is 31.0 Å². The molecule has 0 aliphatic heterocycles. The van der Waals surface area contributed by atoms with E-state index >= 15 is 0 Å². The lowest BCUT2D eigenvalue weighted by atomic mass is 9.80. The summed E-state index contributed by atoms with van der Waals surface area (Å²) in [6, 6.07) is 5.02. The van der Waals surface area contributed by atoms with E-state index in [9.17, 15) is 14.7 Å². The van der Waals surface area contributed by atoms with E-state index in [1.54, 1.807) is 18.2 Å². The van der Waals surface area contributed by atoms with Crippen LogP contribution in [0.1, 0.15) is 18.9 Å². The molecular weight excluding hydrogens is 264 g/mol. The normalized spacial score (nSPS) is 13.3. The van der Waals surface area contributed by atoms with Crippen molar-refractivity contribution in [2.24, 2.45) is 5.41 Å². The molecule has 6 heteroatoms. The largest absolute Gasteiger partial charge is 0.493 e. The molecule has 110 valence electrons. The molecule has 0 saturated heterocycles. The predicted molar refractivity (Wildman–Crippen MR) is 71.2 cm³/mol. The Balaban J connectivity index is 3.06. The van der Waals surface area contributed by atoms with Crippen molar-refractivity contribution in [1.82, 2.24) is 0 Å². The number of hydrogen-bond acceptors (Lipinski definition) is 4. The van der Waals surface area contributed by atoms with Crippen molar-refractivity contribution >= 4 is 11.9 Å². The smallest absolute Gasteiger partial charge is 0.310 e. The minimum Gasteiger partial charge on any atom is -0.493 e. The number of carboxylic acids is 2. The number of benzene rings is 1. The molecule has 1 aromatic carbocycles. The van der Waals surface area contributed by atoms with Crippen molar-refractivity contribution < 1.29 is 29.3 Å². The van der Waals surface area contributed by atoms with Crippen molar-refractivity contribution in [2.75, 3.05) is 14.2 Å². The molecule has 0 amide bonds. The number of hydrogen-bond donors (Lipinski definition) is 2. The molecule has 0 aliphatic rings. The van der Waals surface area contributed by atoms with Crippen LogP contribution < -0.4 is 9.47 Å². The zero-order valence-electron chi connectivity index (χ0n) is 11.7. The third-order valence-corrected chi connectivity index (χ3v) is 3.10. The lowest BCUT2D eigenvalue weighted by molar-refractivity contribution is -0.154. The highest BCUT2D eigenvalue weighted by Crippen LogP contribution is 2.32. The van der Waals surface area contributed by atoms with E-state index in [4.69, 9.17) is 14.6 Å². The number of methoxy groups -OCH3 is 2. The Hall–Kier alpha value is -2.24. The topological polar surface area (TPSA) is 93.1 Å². The monoisotopic (exact) mass is 282 g/mol. The van der Waals surface area contributed by atoms with Crippen LogP contribution >= 0.6 is 0 Å². The SMILES string of the molecule is COc1ccc(C[C@](C)(CC(=O)O)C(=O)O)cc1OC. The fraction of sp³-hybridized carbons (Fsp3) is 0.429. The summed E-state index contributed by atoms with van der Waals surface area (Å²) < 4.78 is 10.2. The van der Waals surface area contributed by atoms with E-state index in [1.807, 2.05) is 0 Å². The summed E-state index contributed by atoms with van der Waals surface area (Å²) in [4.78, 5) is 22.1. The minimum absolute atomic E-state index is 0.0922. The lowest BCUT2D eigenvalue weighted by Crippen LogP contribution is -2.32. The van der Waals surface area contributed by atoms with Crippen LogP contribution in [-0.2, 0) is 16.0 Å². The van der Waals surface area contributed by atoms with Crippen molar-refractivity contribution in [2.45, 2.75) is 19.8 Å². The summed E-state index contributed by atoms with van der Waals surface area (Å²) in [5.41, 5.74) is -0.695. The molecule has 0 unspecified atom stereocenters. The predicted octanol–water partition coefficient (Wildman–Crippen LogP) is 1.81. The van der Waals surface area contributed by atoms with Crippen molar-refractivity contribution in [3.63, 3.8) is 0 Å². The highest BCUT2D eigenvalue weighted by atomic mass is 16.5. The number of ether oxygens (including phenoxy) is 2. The molecule has 1 aromatic rings. The summed E-state index contributed by atoms with van der Waals surface area (Å²) in [6.07, 6.45) is -0.355. The third-order valence-electron chi connectivity index (χ3n) is 3.10. The Kier molecular flexibility index (Phi) is 4.96. The first kappa shape index (κ1) is 15.8. The molecule has 0 aliphatic carbocycles. The molecular formula is C14H18O6. The van der Waals surface area contributed by atoms with Gasteiger partial charge in [0.1, 0.15) is 0 Å². The molecule has 0 bridgehead atoms.